The highest BCUT2D eigenvalue weighted by atomic mass is 32.2. The van der Waals surface area contributed by atoms with Crippen LogP contribution in [0.5, 0.6) is 11.5 Å². The molecule has 0 saturated heterocycles. The first-order valence-electron chi connectivity index (χ1n) is 12.2. The number of likely N-dealkylation sites (N-methyl/N-ethyl adjacent to an activating group) is 1. The summed E-state index contributed by atoms with van der Waals surface area (Å²) in [5.41, 5.74) is 1.52. The van der Waals surface area contributed by atoms with Crippen molar-refractivity contribution in [3.05, 3.63) is 54.1 Å². The lowest BCUT2D eigenvalue weighted by molar-refractivity contribution is -0.140. The molecule has 1 aliphatic heterocycles. The Bertz CT molecular complexity index is 1140. The fraction of sp³-hybridized carbons (Fsp3) is 0.462. The van der Waals surface area contributed by atoms with Crippen LogP contribution in [0.4, 0.5) is 5.69 Å². The highest BCUT2D eigenvalue weighted by Crippen LogP contribution is 2.34. The lowest BCUT2D eigenvalue weighted by Gasteiger charge is -2.31. The summed E-state index contributed by atoms with van der Waals surface area (Å²) in [7, 11) is -2.04. The molecule has 1 heterocycles. The molecule has 1 N–H and O–H groups in total. The van der Waals surface area contributed by atoms with Crippen molar-refractivity contribution >= 4 is 27.5 Å². The molecule has 36 heavy (non-hydrogen) atoms. The summed E-state index contributed by atoms with van der Waals surface area (Å²) >= 11 is 0. The monoisotopic (exact) mass is 517 g/mol. The van der Waals surface area contributed by atoms with Gasteiger partial charge in [0.2, 0.25) is 21.8 Å². The lowest BCUT2D eigenvalue weighted by Crippen LogP contribution is -2.49. The normalized spacial score (nSPS) is 13.5. The summed E-state index contributed by atoms with van der Waals surface area (Å²) in [5, 5.41) is 2.65. The third-order valence-corrected chi connectivity index (χ3v) is 7.28. The van der Waals surface area contributed by atoms with Crippen molar-refractivity contribution in [2.24, 2.45) is 0 Å². The van der Waals surface area contributed by atoms with Crippen molar-refractivity contribution in [2.45, 2.75) is 38.6 Å². The largest absolute Gasteiger partial charge is 0.486 e. The van der Waals surface area contributed by atoms with E-state index in [1.807, 2.05) is 37.3 Å². The number of hydrogen-bond donors (Lipinski definition) is 1. The molecule has 196 valence electrons. The van der Waals surface area contributed by atoms with Crippen LogP contribution in [0.15, 0.2) is 48.5 Å². The lowest BCUT2D eigenvalue weighted by atomic mass is 10.1. The molecular formula is C26H35N3O6S. The van der Waals surface area contributed by atoms with Gasteiger partial charge in [0.05, 0.1) is 11.9 Å². The highest BCUT2D eigenvalue weighted by Gasteiger charge is 2.28. The molecule has 0 radical (unpaired) electrons. The van der Waals surface area contributed by atoms with Gasteiger partial charge >= 0.3 is 0 Å². The number of sulfonamides is 1. The van der Waals surface area contributed by atoms with Crippen LogP contribution in [0.3, 0.4) is 0 Å². The van der Waals surface area contributed by atoms with Crippen LogP contribution < -0.4 is 19.1 Å². The molecule has 0 spiro atoms. The number of benzene rings is 2. The third kappa shape index (κ3) is 7.13. The molecule has 2 aromatic carbocycles. The number of hydrogen-bond acceptors (Lipinski definition) is 6. The summed E-state index contributed by atoms with van der Waals surface area (Å²) in [6.07, 6.45) is 2.64. The van der Waals surface area contributed by atoms with Crippen molar-refractivity contribution in [3.63, 3.8) is 0 Å². The molecule has 0 bridgehead atoms. The Kier molecular flexibility index (Phi) is 9.58. The van der Waals surface area contributed by atoms with Crippen LogP contribution in [0.25, 0.3) is 0 Å². The quantitative estimate of drug-likeness (QED) is 0.464. The molecule has 0 unspecified atom stereocenters. The fourth-order valence-electron chi connectivity index (χ4n) is 4.25. The molecule has 0 saturated carbocycles. The number of carbonyl (C=O) groups is 2. The summed E-state index contributed by atoms with van der Waals surface area (Å²) < 4.78 is 37.5. The zero-order valence-electron chi connectivity index (χ0n) is 21.1. The molecule has 3 rings (SSSR count). The highest BCUT2D eigenvalue weighted by molar-refractivity contribution is 7.92. The number of anilines is 1. The van der Waals surface area contributed by atoms with Crippen molar-refractivity contribution < 1.29 is 27.5 Å². The molecule has 0 aliphatic carbocycles. The number of carbonyl (C=O) groups excluding carboxylic acids is 2. The molecule has 10 heteroatoms. The standard InChI is InChI=1S/C26H35N3O6S/c1-4-22(26(31)27-2)28(16-14-20-9-6-5-7-10-20)25(30)11-8-15-29(36(3,32)33)21-12-13-23-24(19-21)35-18-17-34-23/h5-7,9-10,12-13,19,22H,4,8,11,14-18H2,1-3H3,(H,27,31)/t22-/m0/s1. The Hall–Kier alpha value is -3.27. The average Bonchev–Trinajstić information content (AvgIpc) is 2.88. The molecule has 0 aromatic heterocycles. The fourth-order valence-corrected chi connectivity index (χ4v) is 5.21. The average molecular weight is 518 g/mol. The second-order valence-corrected chi connectivity index (χ2v) is 10.5. The van der Waals surface area contributed by atoms with Gasteiger partial charge in [-0.1, -0.05) is 37.3 Å². The van der Waals surface area contributed by atoms with Crippen molar-refractivity contribution in [2.75, 3.05) is 43.9 Å². The second kappa shape index (κ2) is 12.6. The maximum Gasteiger partial charge on any atom is 0.242 e. The number of ether oxygens (including phenoxy) is 2. The van der Waals surface area contributed by atoms with Gasteiger partial charge in [-0.05, 0) is 37.0 Å². The first-order valence-corrected chi connectivity index (χ1v) is 14.0. The topological polar surface area (TPSA) is 105 Å². The van der Waals surface area contributed by atoms with Crippen LogP contribution in [0.2, 0.25) is 0 Å². The van der Waals surface area contributed by atoms with E-state index in [0.29, 0.717) is 56.2 Å². The predicted octanol–water partition coefficient (Wildman–Crippen LogP) is 2.60. The van der Waals surface area contributed by atoms with Crippen LogP contribution in [-0.4, -0.2) is 70.8 Å². The minimum absolute atomic E-state index is 0.110. The zero-order chi connectivity index (χ0) is 26.1. The maximum atomic E-state index is 13.3. The minimum atomic E-state index is -3.60. The van der Waals surface area contributed by atoms with Crippen LogP contribution in [-0.2, 0) is 26.0 Å². The zero-order valence-corrected chi connectivity index (χ0v) is 21.9. The Balaban J connectivity index is 1.70. The molecule has 1 atom stereocenters. The third-order valence-electron chi connectivity index (χ3n) is 6.08. The Morgan fingerprint density at radius 1 is 1.03 bits per heavy atom. The molecule has 0 fully saturated rings. The van der Waals surface area contributed by atoms with Crippen molar-refractivity contribution in [3.8, 4) is 11.5 Å². The van der Waals surface area contributed by atoms with E-state index in [-0.39, 0.29) is 24.8 Å². The second-order valence-electron chi connectivity index (χ2n) is 8.63. The first-order chi connectivity index (χ1) is 17.2. The molecule has 2 amide bonds. The minimum Gasteiger partial charge on any atom is -0.486 e. The predicted molar refractivity (Wildman–Crippen MR) is 139 cm³/mol. The van der Waals surface area contributed by atoms with E-state index >= 15 is 0 Å². The SMILES string of the molecule is CC[C@@H](C(=O)NC)N(CCc1ccccc1)C(=O)CCCN(c1ccc2c(c1)OCCO2)S(C)(=O)=O. The van der Waals surface area contributed by atoms with E-state index in [4.69, 9.17) is 9.47 Å². The number of amides is 2. The number of fused-ring (bicyclic) bond motifs is 1. The molecule has 2 aromatic rings. The van der Waals surface area contributed by atoms with Gasteiger partial charge < -0.3 is 19.7 Å². The van der Waals surface area contributed by atoms with Gasteiger partial charge in [0.15, 0.2) is 11.5 Å². The van der Waals surface area contributed by atoms with E-state index in [1.54, 1.807) is 30.1 Å². The van der Waals surface area contributed by atoms with Crippen LogP contribution in [0.1, 0.15) is 31.7 Å². The van der Waals surface area contributed by atoms with Gasteiger partial charge in [-0.25, -0.2) is 8.42 Å². The van der Waals surface area contributed by atoms with Crippen molar-refractivity contribution in [1.29, 1.82) is 0 Å². The van der Waals surface area contributed by atoms with E-state index in [1.165, 1.54) is 4.31 Å². The van der Waals surface area contributed by atoms with E-state index < -0.39 is 16.1 Å². The smallest absolute Gasteiger partial charge is 0.242 e. The summed E-state index contributed by atoms with van der Waals surface area (Å²) in [6, 6.07) is 14.2. The molecule has 1 aliphatic rings. The Morgan fingerprint density at radius 3 is 2.36 bits per heavy atom. The molecule has 9 nitrogen and oxygen atoms in total. The summed E-state index contributed by atoms with van der Waals surface area (Å²) in [5.74, 6) is 0.666. The van der Waals surface area contributed by atoms with Gasteiger partial charge in [0.25, 0.3) is 0 Å². The first kappa shape index (κ1) is 27.3. The van der Waals surface area contributed by atoms with Crippen LogP contribution in [0, 0.1) is 0 Å². The van der Waals surface area contributed by atoms with Gasteiger partial charge in [-0.15, -0.1) is 0 Å². The van der Waals surface area contributed by atoms with Gasteiger partial charge in [-0.3, -0.25) is 13.9 Å². The van der Waals surface area contributed by atoms with Gasteiger partial charge in [0.1, 0.15) is 19.3 Å². The Morgan fingerprint density at radius 2 is 1.72 bits per heavy atom. The summed E-state index contributed by atoms with van der Waals surface area (Å²) in [4.78, 5) is 27.4. The van der Waals surface area contributed by atoms with E-state index in [0.717, 1.165) is 11.8 Å². The number of nitrogens with one attached hydrogen (secondary N) is 1. The summed E-state index contributed by atoms with van der Waals surface area (Å²) in [6.45, 7) is 3.22. The Labute approximate surface area is 213 Å². The van der Waals surface area contributed by atoms with E-state index in [9.17, 15) is 18.0 Å². The van der Waals surface area contributed by atoms with Gasteiger partial charge in [-0.2, -0.15) is 0 Å². The van der Waals surface area contributed by atoms with Crippen molar-refractivity contribution in [1.82, 2.24) is 10.2 Å². The molecular weight excluding hydrogens is 482 g/mol. The van der Waals surface area contributed by atoms with Crippen LogP contribution >= 0.6 is 0 Å². The number of nitrogens with zero attached hydrogens (tertiary/aromatic N) is 2. The number of rotatable bonds is 12. The van der Waals surface area contributed by atoms with E-state index in [2.05, 4.69) is 5.32 Å². The van der Waals surface area contributed by atoms with Gasteiger partial charge in [0, 0.05) is 32.6 Å². The maximum absolute atomic E-state index is 13.3.